The molecule has 1 aromatic carbocycles. The van der Waals surface area contributed by atoms with Crippen molar-refractivity contribution in [3.63, 3.8) is 0 Å². The van der Waals surface area contributed by atoms with E-state index in [9.17, 15) is 0 Å². The average Bonchev–Trinajstić information content (AvgIpc) is 2.51. The second-order valence-electron chi connectivity index (χ2n) is 5.87. The zero-order valence-corrected chi connectivity index (χ0v) is 13.7. The van der Waals surface area contributed by atoms with E-state index in [1.54, 1.807) is 7.11 Å². The van der Waals surface area contributed by atoms with Crippen molar-refractivity contribution in [2.24, 2.45) is 5.92 Å². The largest absolute Gasteiger partial charge is 0.497 e. The lowest BCUT2D eigenvalue weighted by Gasteiger charge is -2.41. The smallest absolute Gasteiger partial charge is 0.158 e. The number of ether oxygens (including phenoxy) is 3. The van der Waals surface area contributed by atoms with Gasteiger partial charge in [-0.3, -0.25) is 0 Å². The summed E-state index contributed by atoms with van der Waals surface area (Å²) in [7, 11) is 1.69. The predicted octanol–water partition coefficient (Wildman–Crippen LogP) is 4.71. The normalized spacial score (nSPS) is 29.3. The third kappa shape index (κ3) is 3.98. The molecule has 0 amide bonds. The third-order valence-corrected chi connectivity index (χ3v) is 4.23. The van der Waals surface area contributed by atoms with E-state index in [4.69, 9.17) is 14.2 Å². The molecule has 1 aromatic rings. The van der Waals surface area contributed by atoms with Gasteiger partial charge in [-0.05, 0) is 30.5 Å². The summed E-state index contributed by atoms with van der Waals surface area (Å²) in [5, 5.41) is 0. The van der Waals surface area contributed by atoms with Gasteiger partial charge in [-0.2, -0.15) is 0 Å². The molecule has 0 aliphatic carbocycles. The molecule has 3 heteroatoms. The van der Waals surface area contributed by atoms with Crippen molar-refractivity contribution in [2.75, 3.05) is 7.11 Å². The lowest BCUT2D eigenvalue weighted by Crippen LogP contribution is -2.40. The second-order valence-corrected chi connectivity index (χ2v) is 5.87. The highest BCUT2D eigenvalue weighted by Crippen LogP contribution is 2.38. The maximum Gasteiger partial charge on any atom is 0.158 e. The van der Waals surface area contributed by atoms with Crippen LogP contribution < -0.4 is 4.74 Å². The zero-order chi connectivity index (χ0) is 15.2. The van der Waals surface area contributed by atoms with Crippen molar-refractivity contribution in [3.8, 4) is 5.75 Å². The molecular weight excluding hydrogens is 264 g/mol. The fourth-order valence-electron chi connectivity index (χ4n) is 3.00. The maximum absolute atomic E-state index is 6.21. The van der Waals surface area contributed by atoms with Gasteiger partial charge in [0.25, 0.3) is 0 Å². The van der Waals surface area contributed by atoms with Gasteiger partial charge >= 0.3 is 0 Å². The van der Waals surface area contributed by atoms with E-state index in [2.05, 4.69) is 32.9 Å². The molecule has 0 N–H and O–H groups in total. The molecule has 4 atom stereocenters. The third-order valence-electron chi connectivity index (χ3n) is 4.23. The van der Waals surface area contributed by atoms with Gasteiger partial charge in [0, 0.05) is 5.92 Å². The SMILES string of the molecule is CCC[C@@H]1O[C@H](CCC)[C@H](C)[C@H](c2ccc(OC)cc2)O1. The Morgan fingerprint density at radius 1 is 1.00 bits per heavy atom. The Bertz CT molecular complexity index is 415. The first-order chi connectivity index (χ1) is 10.2. The minimum Gasteiger partial charge on any atom is -0.497 e. The summed E-state index contributed by atoms with van der Waals surface area (Å²) in [6, 6.07) is 8.23. The number of benzene rings is 1. The second kappa shape index (κ2) is 7.81. The molecule has 0 saturated carbocycles. The van der Waals surface area contributed by atoms with E-state index >= 15 is 0 Å². The molecule has 1 aliphatic rings. The molecule has 1 fully saturated rings. The minimum atomic E-state index is -0.0742. The van der Waals surface area contributed by atoms with Gasteiger partial charge in [-0.25, -0.2) is 0 Å². The summed E-state index contributed by atoms with van der Waals surface area (Å²) in [6.45, 7) is 6.61. The fraction of sp³-hybridized carbons (Fsp3) is 0.667. The summed E-state index contributed by atoms with van der Waals surface area (Å²) in [5.41, 5.74) is 1.22. The van der Waals surface area contributed by atoms with Crippen molar-refractivity contribution in [2.45, 2.75) is 65.0 Å². The van der Waals surface area contributed by atoms with E-state index in [1.165, 1.54) is 5.56 Å². The Balaban J connectivity index is 2.16. The van der Waals surface area contributed by atoms with E-state index < -0.39 is 0 Å². The number of methoxy groups -OCH3 is 1. The molecule has 21 heavy (non-hydrogen) atoms. The van der Waals surface area contributed by atoms with Gasteiger partial charge in [0.05, 0.1) is 19.3 Å². The highest BCUT2D eigenvalue weighted by molar-refractivity contribution is 5.29. The quantitative estimate of drug-likeness (QED) is 0.759. The van der Waals surface area contributed by atoms with Gasteiger partial charge < -0.3 is 14.2 Å². The van der Waals surface area contributed by atoms with Crippen LogP contribution in [0.4, 0.5) is 0 Å². The number of rotatable bonds is 6. The van der Waals surface area contributed by atoms with Crippen LogP contribution in [0.5, 0.6) is 5.75 Å². The van der Waals surface area contributed by atoms with Crippen molar-refractivity contribution in [1.29, 1.82) is 0 Å². The van der Waals surface area contributed by atoms with E-state index in [1.807, 2.05) is 12.1 Å². The van der Waals surface area contributed by atoms with Crippen LogP contribution in [0.25, 0.3) is 0 Å². The molecule has 118 valence electrons. The molecule has 0 aromatic heterocycles. The van der Waals surface area contributed by atoms with Crippen LogP contribution in [-0.4, -0.2) is 19.5 Å². The summed E-state index contributed by atoms with van der Waals surface area (Å²) < 4.78 is 17.6. The summed E-state index contributed by atoms with van der Waals surface area (Å²) in [4.78, 5) is 0. The molecular formula is C18H28O3. The standard InChI is InChI=1S/C18H28O3/c1-5-7-16-13(3)18(21-17(20-16)8-6-2)14-9-11-15(19-4)12-10-14/h9-13,16-18H,5-8H2,1-4H3/t13-,16+,17+,18+/m0/s1. The molecule has 0 spiro atoms. The van der Waals surface area contributed by atoms with Gasteiger partial charge in [-0.15, -0.1) is 0 Å². The maximum atomic E-state index is 6.21. The highest BCUT2D eigenvalue weighted by atomic mass is 16.7. The van der Waals surface area contributed by atoms with Gasteiger partial charge in [0.15, 0.2) is 6.29 Å². The molecule has 1 saturated heterocycles. The van der Waals surface area contributed by atoms with Gasteiger partial charge in [0.1, 0.15) is 5.75 Å². The first-order valence-electron chi connectivity index (χ1n) is 8.14. The number of hydrogen-bond donors (Lipinski definition) is 0. The summed E-state index contributed by atoms with van der Waals surface area (Å²) in [5.74, 6) is 1.25. The average molecular weight is 292 g/mol. The molecule has 1 heterocycles. The summed E-state index contributed by atoms with van der Waals surface area (Å²) in [6.07, 6.45) is 4.59. The molecule has 0 unspecified atom stereocenters. The van der Waals surface area contributed by atoms with Crippen molar-refractivity contribution in [1.82, 2.24) is 0 Å². The first kappa shape index (κ1) is 16.3. The van der Waals surface area contributed by atoms with Crippen molar-refractivity contribution in [3.05, 3.63) is 29.8 Å². The Morgan fingerprint density at radius 2 is 1.67 bits per heavy atom. The molecule has 2 rings (SSSR count). The fourth-order valence-corrected chi connectivity index (χ4v) is 3.00. The van der Waals surface area contributed by atoms with Gasteiger partial charge in [0.2, 0.25) is 0 Å². The van der Waals surface area contributed by atoms with Crippen LogP contribution in [0, 0.1) is 5.92 Å². The van der Waals surface area contributed by atoms with Crippen LogP contribution in [0.15, 0.2) is 24.3 Å². The molecule has 0 bridgehead atoms. The highest BCUT2D eigenvalue weighted by Gasteiger charge is 2.36. The Kier molecular flexibility index (Phi) is 6.07. The number of hydrogen-bond acceptors (Lipinski definition) is 3. The van der Waals surface area contributed by atoms with Crippen LogP contribution in [0.1, 0.15) is 58.1 Å². The predicted molar refractivity (Wildman–Crippen MR) is 84.5 cm³/mol. The van der Waals surface area contributed by atoms with Crippen molar-refractivity contribution < 1.29 is 14.2 Å². The van der Waals surface area contributed by atoms with Crippen LogP contribution >= 0.6 is 0 Å². The zero-order valence-electron chi connectivity index (χ0n) is 13.7. The monoisotopic (exact) mass is 292 g/mol. The Hall–Kier alpha value is -1.06. The Labute approximate surface area is 128 Å². The lowest BCUT2D eigenvalue weighted by atomic mass is 9.89. The van der Waals surface area contributed by atoms with Gasteiger partial charge in [-0.1, -0.05) is 45.7 Å². The van der Waals surface area contributed by atoms with Crippen LogP contribution in [0.2, 0.25) is 0 Å². The van der Waals surface area contributed by atoms with Crippen LogP contribution in [0.3, 0.4) is 0 Å². The first-order valence-corrected chi connectivity index (χ1v) is 8.14. The molecule has 1 aliphatic heterocycles. The topological polar surface area (TPSA) is 27.7 Å². The van der Waals surface area contributed by atoms with E-state index in [0.717, 1.165) is 31.4 Å². The Morgan fingerprint density at radius 3 is 2.24 bits per heavy atom. The summed E-state index contributed by atoms with van der Waals surface area (Å²) >= 11 is 0. The molecule has 0 radical (unpaired) electrons. The molecule has 3 nitrogen and oxygen atoms in total. The van der Waals surface area contributed by atoms with E-state index in [0.29, 0.717) is 5.92 Å². The minimum absolute atomic E-state index is 0.0742. The van der Waals surface area contributed by atoms with E-state index in [-0.39, 0.29) is 18.5 Å². The lowest BCUT2D eigenvalue weighted by molar-refractivity contribution is -0.271. The van der Waals surface area contributed by atoms with Crippen LogP contribution in [-0.2, 0) is 9.47 Å². The van der Waals surface area contributed by atoms with Crippen molar-refractivity contribution >= 4 is 0 Å².